The summed E-state index contributed by atoms with van der Waals surface area (Å²) in [6.45, 7) is 4.90. The second-order valence-corrected chi connectivity index (χ2v) is 12.4. The molecular weight excluding hydrogens is 504 g/mol. The van der Waals surface area contributed by atoms with Crippen LogP contribution in [0.25, 0.3) is 16.7 Å². The van der Waals surface area contributed by atoms with Gasteiger partial charge in [0.2, 0.25) is 5.95 Å². The highest BCUT2D eigenvalue weighted by atomic mass is 32.2. The highest BCUT2D eigenvalue weighted by Crippen LogP contribution is 2.34. The van der Waals surface area contributed by atoms with E-state index in [9.17, 15) is 17.2 Å². The number of morpholine rings is 1. The molecule has 0 amide bonds. The molecule has 3 aromatic rings. The number of benzene rings is 1. The molecule has 13 heteroatoms. The van der Waals surface area contributed by atoms with Crippen molar-refractivity contribution >= 4 is 32.6 Å². The third kappa shape index (κ3) is 4.75. The van der Waals surface area contributed by atoms with Crippen molar-refractivity contribution in [3.05, 3.63) is 36.0 Å². The van der Waals surface area contributed by atoms with Gasteiger partial charge < -0.3 is 15.0 Å². The smallest absolute Gasteiger partial charge is 0.263 e. The minimum absolute atomic E-state index is 0.0546. The zero-order chi connectivity index (χ0) is 25.7. The van der Waals surface area contributed by atoms with Crippen molar-refractivity contribution in [2.75, 3.05) is 55.9 Å². The van der Waals surface area contributed by atoms with Crippen LogP contribution in [0.2, 0.25) is 0 Å². The molecule has 0 spiro atoms. The lowest BCUT2D eigenvalue weighted by atomic mass is 9.92. The summed E-state index contributed by atoms with van der Waals surface area (Å²) >= 11 is 0. The fourth-order valence-corrected chi connectivity index (χ4v) is 6.36. The summed E-state index contributed by atoms with van der Waals surface area (Å²) < 4.78 is 57.4. The number of alkyl halides is 2. The van der Waals surface area contributed by atoms with Crippen LogP contribution in [-0.2, 0) is 14.6 Å². The summed E-state index contributed by atoms with van der Waals surface area (Å²) in [5.74, 6) is 1.10. The Morgan fingerprint density at radius 2 is 1.89 bits per heavy atom. The first-order valence-corrected chi connectivity index (χ1v) is 14.4. The van der Waals surface area contributed by atoms with Gasteiger partial charge in [0.15, 0.2) is 5.65 Å². The van der Waals surface area contributed by atoms with Crippen molar-refractivity contribution < 1.29 is 21.9 Å². The molecule has 1 aromatic carbocycles. The predicted octanol–water partition coefficient (Wildman–Crippen LogP) is 2.26. The van der Waals surface area contributed by atoms with Crippen molar-refractivity contribution in [1.82, 2.24) is 24.6 Å². The quantitative estimate of drug-likeness (QED) is 0.490. The Hall–Kier alpha value is -2.90. The van der Waals surface area contributed by atoms with Gasteiger partial charge in [0, 0.05) is 50.1 Å². The Labute approximate surface area is 213 Å². The lowest BCUT2D eigenvalue weighted by Crippen LogP contribution is -2.61. The topological polar surface area (TPSA) is 105 Å². The van der Waals surface area contributed by atoms with E-state index in [2.05, 4.69) is 20.2 Å². The van der Waals surface area contributed by atoms with Crippen molar-refractivity contribution in [1.29, 1.82) is 0 Å². The van der Waals surface area contributed by atoms with Crippen LogP contribution in [0, 0.1) is 0 Å². The second-order valence-electron chi connectivity index (χ2n) is 10.0. The van der Waals surface area contributed by atoms with Gasteiger partial charge in [-0.3, -0.25) is 4.90 Å². The molecule has 6 rings (SSSR count). The van der Waals surface area contributed by atoms with Gasteiger partial charge in [-0.1, -0.05) is 12.1 Å². The van der Waals surface area contributed by atoms with Gasteiger partial charge >= 0.3 is 0 Å². The van der Waals surface area contributed by atoms with Crippen LogP contribution in [0.15, 0.2) is 30.5 Å². The SMILES string of the molecule is CS(=O)(=O)C1CC(Nc2nc(N3CC(N4CCOCC4)C3)c3cnn(-c4cccc(C(F)F)c4)c3n2)C1. The summed E-state index contributed by atoms with van der Waals surface area (Å²) in [5.41, 5.74) is 0.901. The molecule has 2 aliphatic heterocycles. The standard InChI is InChI=1S/C24H29F2N7O3S/c1-37(34,35)19-10-16(11-19)28-24-29-22(32-13-18(14-32)31-5-7-36-8-6-31)20-12-27-33(23(20)30-24)17-4-2-3-15(9-17)21(25)26/h2-4,9,12,16,18-19,21H,5-8,10-11,13-14H2,1H3,(H,28,29,30). The highest BCUT2D eigenvalue weighted by Gasteiger charge is 2.38. The molecule has 4 heterocycles. The molecule has 1 aliphatic carbocycles. The number of halogens is 2. The molecular formula is C24H29F2N7O3S. The molecule has 1 N–H and O–H groups in total. The zero-order valence-electron chi connectivity index (χ0n) is 20.4. The van der Waals surface area contributed by atoms with Crippen LogP contribution in [-0.4, -0.2) is 96.0 Å². The minimum atomic E-state index is -3.08. The molecule has 0 radical (unpaired) electrons. The van der Waals surface area contributed by atoms with Gasteiger partial charge in [-0.15, -0.1) is 0 Å². The Bertz CT molecular complexity index is 1400. The van der Waals surface area contributed by atoms with E-state index in [1.54, 1.807) is 23.0 Å². The molecule has 3 fully saturated rings. The molecule has 2 saturated heterocycles. The number of anilines is 2. The van der Waals surface area contributed by atoms with Gasteiger partial charge in [0.1, 0.15) is 15.7 Å². The second kappa shape index (κ2) is 9.44. The van der Waals surface area contributed by atoms with Gasteiger partial charge in [0.05, 0.1) is 35.7 Å². The molecule has 198 valence electrons. The summed E-state index contributed by atoms with van der Waals surface area (Å²) in [6, 6.07) is 6.44. The van der Waals surface area contributed by atoms with E-state index >= 15 is 0 Å². The van der Waals surface area contributed by atoms with Gasteiger partial charge in [-0.05, 0) is 25.0 Å². The Balaban J connectivity index is 1.32. The van der Waals surface area contributed by atoms with Gasteiger partial charge in [-0.25, -0.2) is 21.9 Å². The van der Waals surface area contributed by atoms with Crippen LogP contribution in [0.4, 0.5) is 20.5 Å². The summed E-state index contributed by atoms with van der Waals surface area (Å²) in [6.07, 6.45) is 1.33. The maximum Gasteiger partial charge on any atom is 0.263 e. The molecule has 37 heavy (non-hydrogen) atoms. The number of nitrogens with one attached hydrogen (secondary N) is 1. The third-order valence-electron chi connectivity index (χ3n) is 7.53. The fraction of sp³-hybridized carbons (Fsp3) is 0.542. The number of fused-ring (bicyclic) bond motifs is 1. The Morgan fingerprint density at radius 1 is 1.14 bits per heavy atom. The van der Waals surface area contributed by atoms with Crippen LogP contribution in [0.5, 0.6) is 0 Å². The molecule has 0 unspecified atom stereocenters. The molecule has 1 saturated carbocycles. The molecule has 10 nitrogen and oxygen atoms in total. The van der Waals surface area contributed by atoms with E-state index in [0.717, 1.165) is 50.6 Å². The van der Waals surface area contributed by atoms with E-state index in [4.69, 9.17) is 14.7 Å². The zero-order valence-corrected chi connectivity index (χ0v) is 21.2. The molecule has 0 bridgehead atoms. The Kier molecular flexibility index (Phi) is 6.24. The first kappa shape index (κ1) is 24.4. The van der Waals surface area contributed by atoms with Crippen molar-refractivity contribution in [3.63, 3.8) is 0 Å². The minimum Gasteiger partial charge on any atom is -0.379 e. The summed E-state index contributed by atoms with van der Waals surface area (Å²) in [5, 5.41) is 8.14. The predicted molar refractivity (Wildman–Crippen MR) is 135 cm³/mol. The first-order chi connectivity index (χ1) is 17.8. The third-order valence-corrected chi connectivity index (χ3v) is 9.13. The van der Waals surface area contributed by atoms with E-state index in [-0.39, 0.29) is 16.9 Å². The van der Waals surface area contributed by atoms with Gasteiger partial charge in [0.25, 0.3) is 6.43 Å². The molecule has 0 atom stereocenters. The maximum absolute atomic E-state index is 13.4. The van der Waals surface area contributed by atoms with Gasteiger partial charge in [-0.2, -0.15) is 15.1 Å². The summed E-state index contributed by atoms with van der Waals surface area (Å²) in [7, 11) is -3.08. The van der Waals surface area contributed by atoms with Crippen molar-refractivity contribution in [2.24, 2.45) is 0 Å². The van der Waals surface area contributed by atoms with Crippen LogP contribution in [0.1, 0.15) is 24.8 Å². The van der Waals surface area contributed by atoms with Crippen LogP contribution >= 0.6 is 0 Å². The largest absolute Gasteiger partial charge is 0.379 e. The van der Waals surface area contributed by atoms with Crippen LogP contribution in [0.3, 0.4) is 0 Å². The number of hydrogen-bond acceptors (Lipinski definition) is 9. The fourth-order valence-electron chi connectivity index (χ4n) is 5.20. The van der Waals surface area contributed by atoms with Crippen molar-refractivity contribution in [3.8, 4) is 5.69 Å². The van der Waals surface area contributed by atoms with Crippen LogP contribution < -0.4 is 10.2 Å². The Morgan fingerprint density at radius 3 is 2.59 bits per heavy atom. The summed E-state index contributed by atoms with van der Waals surface area (Å²) in [4.78, 5) is 14.1. The normalized spacial score (nSPS) is 23.3. The lowest BCUT2D eigenvalue weighted by Gasteiger charge is -2.47. The lowest BCUT2D eigenvalue weighted by molar-refractivity contribution is 0.0105. The van der Waals surface area contributed by atoms with E-state index in [1.165, 1.54) is 18.4 Å². The van der Waals surface area contributed by atoms with Crippen molar-refractivity contribution in [2.45, 2.75) is 36.6 Å². The number of rotatable bonds is 7. The average molecular weight is 534 g/mol. The molecule has 3 aliphatic rings. The number of hydrogen-bond donors (Lipinski definition) is 1. The average Bonchev–Trinajstić information content (AvgIpc) is 3.24. The first-order valence-electron chi connectivity index (χ1n) is 12.4. The monoisotopic (exact) mass is 533 g/mol. The number of ether oxygens (including phenoxy) is 1. The number of nitrogens with zero attached hydrogens (tertiary/aromatic N) is 6. The number of aromatic nitrogens is 4. The highest BCUT2D eigenvalue weighted by molar-refractivity contribution is 7.91. The number of sulfone groups is 1. The van der Waals surface area contributed by atoms with E-state index in [1.807, 2.05) is 0 Å². The molecule has 2 aromatic heterocycles. The maximum atomic E-state index is 13.4. The van der Waals surface area contributed by atoms with E-state index in [0.29, 0.717) is 36.2 Å². The van der Waals surface area contributed by atoms with E-state index < -0.39 is 16.3 Å².